The highest BCUT2D eigenvalue weighted by Crippen LogP contribution is 2.21. The predicted molar refractivity (Wildman–Crippen MR) is 92.6 cm³/mol. The van der Waals surface area contributed by atoms with Gasteiger partial charge in [-0.1, -0.05) is 6.07 Å². The highest BCUT2D eigenvalue weighted by atomic mass is 16.2. The van der Waals surface area contributed by atoms with Crippen molar-refractivity contribution < 1.29 is 9.59 Å². The maximum Gasteiger partial charge on any atom is 0.322 e. The summed E-state index contributed by atoms with van der Waals surface area (Å²) in [5, 5.41) is 5.89. The van der Waals surface area contributed by atoms with E-state index in [0.29, 0.717) is 13.0 Å². The molecule has 1 aromatic carbocycles. The molecule has 1 unspecified atom stereocenters. The average Bonchev–Trinajstić information content (AvgIpc) is 2.84. The molecule has 1 aliphatic rings. The number of hydrogen-bond donors (Lipinski definition) is 2. The second-order valence-electron chi connectivity index (χ2n) is 7.40. The third kappa shape index (κ3) is 4.71. The Bertz CT molecular complexity index is 585. The number of aryl methyl sites for hydroxylation is 2. The van der Waals surface area contributed by atoms with E-state index in [1.165, 1.54) is 0 Å². The maximum atomic E-state index is 12.6. The molecule has 2 rings (SSSR count). The molecule has 23 heavy (non-hydrogen) atoms. The number of nitrogens with one attached hydrogen (secondary N) is 2. The van der Waals surface area contributed by atoms with Gasteiger partial charge in [0.1, 0.15) is 6.04 Å². The molecule has 0 aliphatic carbocycles. The number of rotatable bonds is 2. The Morgan fingerprint density at radius 2 is 1.74 bits per heavy atom. The van der Waals surface area contributed by atoms with Gasteiger partial charge < -0.3 is 15.5 Å². The normalized spacial score (nSPS) is 18.0. The zero-order chi connectivity index (χ0) is 17.2. The van der Waals surface area contributed by atoms with Crippen LogP contribution in [-0.4, -0.2) is 35.0 Å². The van der Waals surface area contributed by atoms with Gasteiger partial charge in [0.15, 0.2) is 0 Å². The zero-order valence-electron chi connectivity index (χ0n) is 14.7. The summed E-state index contributed by atoms with van der Waals surface area (Å²) in [4.78, 5) is 26.6. The molecule has 0 bridgehead atoms. The molecule has 1 atom stereocenters. The monoisotopic (exact) mass is 317 g/mol. The minimum Gasteiger partial charge on any atom is -0.350 e. The number of nitrogens with zero attached hydrogens (tertiary/aromatic N) is 1. The van der Waals surface area contributed by atoms with Crippen molar-refractivity contribution in [1.82, 2.24) is 10.2 Å². The number of likely N-dealkylation sites (tertiary alicyclic amines) is 1. The Labute approximate surface area is 138 Å². The number of carbonyl (C=O) groups is 2. The van der Waals surface area contributed by atoms with Gasteiger partial charge in [-0.25, -0.2) is 4.79 Å². The standard InChI is InChI=1S/C18H27N3O2/c1-12-9-13(2)11-14(10-12)19-17(23)21-8-6-7-15(21)16(22)20-18(3,4)5/h9-11,15H,6-8H2,1-5H3,(H,19,23)(H,20,22). The SMILES string of the molecule is Cc1cc(C)cc(NC(=O)N2CCCC2C(=O)NC(C)(C)C)c1. The van der Waals surface area contributed by atoms with Crippen LogP contribution in [0.4, 0.5) is 10.5 Å². The van der Waals surface area contributed by atoms with Gasteiger partial charge in [0.05, 0.1) is 0 Å². The van der Waals surface area contributed by atoms with E-state index in [1.807, 2.05) is 46.8 Å². The lowest BCUT2D eigenvalue weighted by Gasteiger charge is -2.28. The highest BCUT2D eigenvalue weighted by molar-refractivity contribution is 5.94. The maximum absolute atomic E-state index is 12.6. The summed E-state index contributed by atoms with van der Waals surface area (Å²) < 4.78 is 0. The molecule has 1 saturated heterocycles. The molecule has 1 aliphatic heterocycles. The van der Waals surface area contributed by atoms with Crippen molar-refractivity contribution in [3.63, 3.8) is 0 Å². The van der Waals surface area contributed by atoms with Crippen molar-refractivity contribution in [2.24, 2.45) is 0 Å². The molecule has 0 radical (unpaired) electrons. The minimum absolute atomic E-state index is 0.0782. The zero-order valence-corrected chi connectivity index (χ0v) is 14.7. The Hall–Kier alpha value is -2.04. The van der Waals surface area contributed by atoms with E-state index in [9.17, 15) is 9.59 Å². The third-order valence-corrected chi connectivity index (χ3v) is 3.79. The van der Waals surface area contributed by atoms with Crippen molar-refractivity contribution in [2.45, 2.75) is 59.0 Å². The predicted octanol–water partition coefficient (Wildman–Crippen LogP) is 3.21. The van der Waals surface area contributed by atoms with Crippen LogP contribution in [0.25, 0.3) is 0 Å². The molecule has 2 N–H and O–H groups in total. The lowest BCUT2D eigenvalue weighted by atomic mass is 10.1. The Kier molecular flexibility index (Phi) is 4.97. The third-order valence-electron chi connectivity index (χ3n) is 3.79. The van der Waals surface area contributed by atoms with Crippen LogP contribution in [0.15, 0.2) is 18.2 Å². The highest BCUT2D eigenvalue weighted by Gasteiger charge is 2.35. The Balaban J connectivity index is 2.07. The minimum atomic E-state index is -0.389. The Morgan fingerprint density at radius 3 is 2.30 bits per heavy atom. The summed E-state index contributed by atoms with van der Waals surface area (Å²) in [7, 11) is 0. The summed E-state index contributed by atoms with van der Waals surface area (Å²) in [5.41, 5.74) is 2.68. The number of benzene rings is 1. The van der Waals surface area contributed by atoms with Gasteiger partial charge in [0, 0.05) is 17.8 Å². The van der Waals surface area contributed by atoms with Crippen molar-refractivity contribution in [3.05, 3.63) is 29.3 Å². The van der Waals surface area contributed by atoms with E-state index in [4.69, 9.17) is 0 Å². The van der Waals surface area contributed by atoms with Crippen molar-refractivity contribution in [3.8, 4) is 0 Å². The Morgan fingerprint density at radius 1 is 1.13 bits per heavy atom. The summed E-state index contributed by atoms with van der Waals surface area (Å²) in [6, 6.07) is 5.34. The number of carbonyl (C=O) groups excluding carboxylic acids is 2. The summed E-state index contributed by atoms with van der Waals surface area (Å²) in [5.74, 6) is -0.0782. The van der Waals surface area contributed by atoms with E-state index >= 15 is 0 Å². The van der Waals surface area contributed by atoms with Crippen molar-refractivity contribution in [2.75, 3.05) is 11.9 Å². The number of anilines is 1. The quantitative estimate of drug-likeness (QED) is 0.880. The van der Waals surface area contributed by atoms with Crippen LogP contribution in [0.1, 0.15) is 44.7 Å². The van der Waals surface area contributed by atoms with Gasteiger partial charge in [0.2, 0.25) is 5.91 Å². The van der Waals surface area contributed by atoms with Gasteiger partial charge in [-0.3, -0.25) is 4.79 Å². The fraction of sp³-hybridized carbons (Fsp3) is 0.556. The van der Waals surface area contributed by atoms with E-state index < -0.39 is 0 Å². The molecule has 0 aromatic heterocycles. The first-order valence-corrected chi connectivity index (χ1v) is 8.14. The smallest absolute Gasteiger partial charge is 0.322 e. The van der Waals surface area contributed by atoms with Gasteiger partial charge in [-0.2, -0.15) is 0 Å². The topological polar surface area (TPSA) is 61.4 Å². The van der Waals surface area contributed by atoms with Crippen molar-refractivity contribution in [1.29, 1.82) is 0 Å². The average molecular weight is 317 g/mol. The first kappa shape index (κ1) is 17.3. The molecule has 5 heteroatoms. The molecular formula is C18H27N3O2. The van der Waals surface area contributed by atoms with Crippen LogP contribution in [-0.2, 0) is 4.79 Å². The first-order valence-electron chi connectivity index (χ1n) is 8.14. The first-order chi connectivity index (χ1) is 10.7. The summed E-state index contributed by atoms with van der Waals surface area (Å²) >= 11 is 0. The van der Waals surface area contributed by atoms with E-state index in [-0.39, 0.29) is 23.5 Å². The fourth-order valence-electron chi connectivity index (χ4n) is 2.98. The molecule has 0 saturated carbocycles. The molecular weight excluding hydrogens is 290 g/mol. The second kappa shape index (κ2) is 6.60. The number of amides is 3. The van der Waals surface area contributed by atoms with Crippen LogP contribution < -0.4 is 10.6 Å². The molecule has 0 spiro atoms. The van der Waals surface area contributed by atoms with Crippen LogP contribution in [0.3, 0.4) is 0 Å². The molecule has 1 heterocycles. The lowest BCUT2D eigenvalue weighted by molar-refractivity contribution is -0.126. The van der Waals surface area contributed by atoms with E-state index in [2.05, 4.69) is 16.7 Å². The van der Waals surface area contributed by atoms with Crippen LogP contribution in [0.2, 0.25) is 0 Å². The summed E-state index contributed by atoms with van der Waals surface area (Å²) in [6.07, 6.45) is 1.56. The van der Waals surface area contributed by atoms with Gasteiger partial charge in [-0.15, -0.1) is 0 Å². The molecule has 5 nitrogen and oxygen atoms in total. The summed E-state index contributed by atoms with van der Waals surface area (Å²) in [6.45, 7) is 10.4. The second-order valence-corrected chi connectivity index (χ2v) is 7.40. The van der Waals surface area contributed by atoms with Gasteiger partial charge in [0.25, 0.3) is 0 Å². The molecule has 1 aromatic rings. The molecule has 1 fully saturated rings. The van der Waals surface area contributed by atoms with Crippen LogP contribution >= 0.6 is 0 Å². The van der Waals surface area contributed by atoms with Crippen LogP contribution in [0, 0.1) is 13.8 Å². The largest absolute Gasteiger partial charge is 0.350 e. The molecule has 126 valence electrons. The molecule has 3 amide bonds. The number of urea groups is 1. The van der Waals surface area contributed by atoms with E-state index in [1.54, 1.807) is 4.90 Å². The lowest BCUT2D eigenvalue weighted by Crippen LogP contribution is -2.52. The number of hydrogen-bond acceptors (Lipinski definition) is 2. The van der Waals surface area contributed by atoms with Gasteiger partial charge >= 0.3 is 6.03 Å². The van der Waals surface area contributed by atoms with Crippen molar-refractivity contribution >= 4 is 17.6 Å². The fourth-order valence-corrected chi connectivity index (χ4v) is 2.98. The van der Waals surface area contributed by atoms with Gasteiger partial charge in [-0.05, 0) is 70.7 Å². The van der Waals surface area contributed by atoms with E-state index in [0.717, 1.165) is 23.2 Å². The van der Waals surface area contributed by atoms with Crippen LogP contribution in [0.5, 0.6) is 0 Å².